The van der Waals surface area contributed by atoms with E-state index in [0.29, 0.717) is 6.61 Å². The number of esters is 1. The minimum Gasteiger partial charge on any atom is -0.497 e. The van der Waals surface area contributed by atoms with E-state index in [9.17, 15) is 4.79 Å². The number of hydrazone groups is 1. The normalized spacial score (nSPS) is 19.1. The van der Waals surface area contributed by atoms with Crippen LogP contribution < -0.4 is 10.2 Å². The highest BCUT2D eigenvalue weighted by Crippen LogP contribution is 2.42. The van der Waals surface area contributed by atoms with Gasteiger partial charge in [0.15, 0.2) is 0 Å². The number of methoxy groups -OCH3 is 1. The summed E-state index contributed by atoms with van der Waals surface area (Å²) in [6, 6.07) is 15.4. The number of ether oxygens (including phenoxy) is 2. The molecule has 25 heavy (non-hydrogen) atoms. The van der Waals surface area contributed by atoms with Gasteiger partial charge < -0.3 is 9.47 Å². The van der Waals surface area contributed by atoms with Crippen molar-refractivity contribution in [1.29, 1.82) is 0 Å². The topological polar surface area (TPSA) is 59.9 Å². The summed E-state index contributed by atoms with van der Waals surface area (Å²) in [5.41, 5.74) is 5.91. The van der Waals surface area contributed by atoms with Crippen LogP contribution in [0.1, 0.15) is 23.6 Å². The Morgan fingerprint density at radius 3 is 2.44 bits per heavy atom. The fraction of sp³-hybridized carbons (Fsp3) is 0.263. The molecule has 1 atom stereocenters. The van der Waals surface area contributed by atoms with Crippen LogP contribution in [0.3, 0.4) is 0 Å². The van der Waals surface area contributed by atoms with Crippen molar-refractivity contribution in [2.75, 3.05) is 13.7 Å². The Morgan fingerprint density at radius 1 is 1.16 bits per heavy atom. The Bertz CT molecular complexity index is 787. The highest BCUT2D eigenvalue weighted by atomic mass is 32.2. The molecule has 0 bridgehead atoms. The fourth-order valence-corrected chi connectivity index (χ4v) is 3.65. The first kappa shape index (κ1) is 17.4. The van der Waals surface area contributed by atoms with Crippen LogP contribution in [0.25, 0.3) is 0 Å². The van der Waals surface area contributed by atoms with Gasteiger partial charge in [0.1, 0.15) is 10.8 Å². The summed E-state index contributed by atoms with van der Waals surface area (Å²) >= 11 is 1.36. The molecule has 0 fully saturated rings. The third-order valence-corrected chi connectivity index (χ3v) is 5.24. The van der Waals surface area contributed by atoms with Crippen LogP contribution in [0.4, 0.5) is 0 Å². The molecule has 1 N–H and O–H groups in total. The van der Waals surface area contributed by atoms with Gasteiger partial charge in [0.2, 0.25) is 4.87 Å². The van der Waals surface area contributed by atoms with E-state index < -0.39 is 4.87 Å². The van der Waals surface area contributed by atoms with Crippen molar-refractivity contribution in [2.45, 2.75) is 18.7 Å². The summed E-state index contributed by atoms with van der Waals surface area (Å²) in [5.74, 6) is 0.362. The molecule has 6 heteroatoms. The maximum absolute atomic E-state index is 12.7. The largest absolute Gasteiger partial charge is 0.497 e. The Kier molecular flexibility index (Phi) is 4.99. The molecule has 3 rings (SSSR count). The monoisotopic (exact) mass is 356 g/mol. The maximum atomic E-state index is 12.7. The van der Waals surface area contributed by atoms with E-state index >= 15 is 0 Å². The van der Waals surface area contributed by atoms with Gasteiger partial charge in [-0.05, 0) is 26.0 Å². The van der Waals surface area contributed by atoms with Crippen LogP contribution in [-0.4, -0.2) is 24.7 Å². The summed E-state index contributed by atoms with van der Waals surface area (Å²) in [6.45, 7) is 4.13. The molecule has 1 aliphatic rings. The Hall–Kier alpha value is -2.47. The van der Waals surface area contributed by atoms with Gasteiger partial charge in [0, 0.05) is 11.1 Å². The van der Waals surface area contributed by atoms with Gasteiger partial charge in [-0.25, -0.2) is 4.79 Å². The van der Waals surface area contributed by atoms with E-state index in [1.165, 1.54) is 17.3 Å². The van der Waals surface area contributed by atoms with Crippen LogP contribution in [0, 0.1) is 6.92 Å². The van der Waals surface area contributed by atoms with Crippen molar-refractivity contribution in [3.05, 3.63) is 65.2 Å². The molecule has 0 saturated carbocycles. The summed E-state index contributed by atoms with van der Waals surface area (Å²) in [6.07, 6.45) is 0. The summed E-state index contributed by atoms with van der Waals surface area (Å²) in [7, 11) is 1.61. The lowest BCUT2D eigenvalue weighted by molar-refractivity contribution is -0.147. The molecule has 5 nitrogen and oxygen atoms in total. The zero-order valence-corrected chi connectivity index (χ0v) is 15.2. The van der Waals surface area contributed by atoms with Gasteiger partial charge in [-0.15, -0.1) is 0 Å². The zero-order chi connectivity index (χ0) is 17.9. The second kappa shape index (κ2) is 7.19. The van der Waals surface area contributed by atoms with Crippen molar-refractivity contribution in [3.63, 3.8) is 0 Å². The molecule has 0 spiro atoms. The third-order valence-electron chi connectivity index (χ3n) is 3.92. The average molecular weight is 356 g/mol. The first-order valence-electron chi connectivity index (χ1n) is 8.01. The van der Waals surface area contributed by atoms with E-state index in [2.05, 4.69) is 10.5 Å². The van der Waals surface area contributed by atoms with Gasteiger partial charge in [0.25, 0.3) is 0 Å². The van der Waals surface area contributed by atoms with Crippen molar-refractivity contribution < 1.29 is 14.3 Å². The molecule has 130 valence electrons. The lowest BCUT2D eigenvalue weighted by Crippen LogP contribution is -2.42. The molecular formula is C19H20N2O3S. The number of aryl methyl sites for hydroxylation is 1. The molecule has 0 aromatic heterocycles. The van der Waals surface area contributed by atoms with Crippen molar-refractivity contribution in [1.82, 2.24) is 5.43 Å². The van der Waals surface area contributed by atoms with Gasteiger partial charge in [0.05, 0.1) is 13.7 Å². The Labute approximate surface area is 151 Å². The van der Waals surface area contributed by atoms with Crippen LogP contribution in [0.5, 0.6) is 5.75 Å². The number of carbonyl (C=O) groups is 1. The second-order valence-electron chi connectivity index (χ2n) is 5.63. The van der Waals surface area contributed by atoms with Gasteiger partial charge >= 0.3 is 5.97 Å². The minimum atomic E-state index is -1.09. The highest BCUT2D eigenvalue weighted by molar-refractivity contribution is 8.16. The quantitative estimate of drug-likeness (QED) is 0.832. The number of nitrogens with one attached hydrogen (secondary N) is 1. The lowest BCUT2D eigenvalue weighted by atomic mass is 10.1. The van der Waals surface area contributed by atoms with Crippen LogP contribution in [-0.2, 0) is 14.4 Å². The average Bonchev–Trinajstić information content (AvgIpc) is 3.09. The van der Waals surface area contributed by atoms with Crippen LogP contribution >= 0.6 is 11.8 Å². The molecule has 1 unspecified atom stereocenters. The number of thioether (sulfide) groups is 1. The number of benzene rings is 2. The van der Waals surface area contributed by atoms with Gasteiger partial charge in [-0.2, -0.15) is 5.10 Å². The highest BCUT2D eigenvalue weighted by Gasteiger charge is 2.48. The number of hydrogen-bond donors (Lipinski definition) is 1. The van der Waals surface area contributed by atoms with Gasteiger partial charge in [-0.3, -0.25) is 5.43 Å². The number of hydrogen-bond acceptors (Lipinski definition) is 6. The van der Waals surface area contributed by atoms with E-state index in [0.717, 1.165) is 21.9 Å². The first-order valence-corrected chi connectivity index (χ1v) is 8.83. The summed E-state index contributed by atoms with van der Waals surface area (Å²) < 4.78 is 10.5. The molecule has 0 aliphatic carbocycles. The number of nitrogens with zero attached hydrogens (tertiary/aromatic N) is 1. The molecule has 1 heterocycles. The molecule has 2 aromatic carbocycles. The molecule has 1 aliphatic heterocycles. The number of carbonyl (C=O) groups excluding carboxylic acids is 1. The molecule has 0 saturated heterocycles. The van der Waals surface area contributed by atoms with E-state index in [1.54, 1.807) is 14.0 Å². The predicted molar refractivity (Wildman–Crippen MR) is 99.7 cm³/mol. The smallest absolute Gasteiger partial charge is 0.349 e. The van der Waals surface area contributed by atoms with Crippen LogP contribution in [0.2, 0.25) is 0 Å². The predicted octanol–water partition coefficient (Wildman–Crippen LogP) is 3.42. The van der Waals surface area contributed by atoms with E-state index in [1.807, 2.05) is 55.5 Å². The van der Waals surface area contributed by atoms with Gasteiger partial charge in [-0.1, -0.05) is 53.7 Å². The molecule has 2 aromatic rings. The molecule has 0 amide bonds. The Balaban J connectivity index is 1.94. The fourth-order valence-electron chi connectivity index (χ4n) is 2.53. The number of rotatable bonds is 5. The lowest BCUT2D eigenvalue weighted by Gasteiger charge is -2.26. The first-order chi connectivity index (χ1) is 12.1. The SMILES string of the molecule is CCOC(=O)C1(c2ccc(OC)cc2)NN=C(c2ccc(C)cc2)S1. The Morgan fingerprint density at radius 2 is 1.84 bits per heavy atom. The summed E-state index contributed by atoms with van der Waals surface area (Å²) in [5, 5.41) is 5.16. The standard InChI is InChI=1S/C19H20N2O3S/c1-4-24-18(22)19(15-9-11-16(23-3)12-10-15)21-20-17(25-19)14-7-5-13(2)6-8-14/h5-12,21H,4H2,1-3H3. The third kappa shape index (κ3) is 3.35. The van der Waals surface area contributed by atoms with E-state index in [-0.39, 0.29) is 5.97 Å². The van der Waals surface area contributed by atoms with E-state index in [4.69, 9.17) is 9.47 Å². The molecule has 0 radical (unpaired) electrons. The van der Waals surface area contributed by atoms with Crippen molar-refractivity contribution >= 4 is 22.8 Å². The van der Waals surface area contributed by atoms with Crippen molar-refractivity contribution in [3.8, 4) is 5.75 Å². The summed E-state index contributed by atoms with van der Waals surface area (Å²) in [4.78, 5) is 11.6. The molecular weight excluding hydrogens is 336 g/mol. The van der Waals surface area contributed by atoms with Crippen molar-refractivity contribution in [2.24, 2.45) is 5.10 Å². The zero-order valence-electron chi connectivity index (χ0n) is 14.4. The minimum absolute atomic E-state index is 0.304. The second-order valence-corrected chi connectivity index (χ2v) is 6.83. The maximum Gasteiger partial charge on any atom is 0.349 e. The van der Waals surface area contributed by atoms with Crippen LogP contribution in [0.15, 0.2) is 53.6 Å².